The summed E-state index contributed by atoms with van der Waals surface area (Å²) in [7, 11) is 1.71. The van der Waals surface area contributed by atoms with Gasteiger partial charge in [-0.15, -0.1) is 0 Å². The number of primary amides is 1. The molecular weight excluding hydrogens is 1400 g/mol. The standard InChI is InChI=1S/C69H95N17O17S2/c1-38(2)59-68(103)82-50(31-39-11-4-3-5-12-39)65(100)79-46(17-10-29-75-69(72)73)61(96)74-30-27-54(88)77-47(22-24-57(91)92)62(97)81-51(33-41-34-76-45-16-9-8-15-44(41)45)66(101)80-48(23-25-58(93)94)63(98)83-52(60(71)95)36-104-105-37-53(67(102)85-59)84-64(99)49(32-40-18-20-43(87)21-19-40)78-55(89)35-86(56(90)26-28-70)42-13-6-7-14-42/h3-5,8-9,11-12,15-16,18-21,34,38,42,46-53,59,76,87H,6-7,10,13-14,17,22-33,35-37,70H2,1-2H3,(H2,71,95)(H,74,96)(H,77,88)(H,78,89)(H,79,100)(H,80,101)(H,81,97)(H,82,103)(H,83,98)(H,84,99)(H,85,102)(H,91,92)(H,93,94)(H4,72,73,75)/t46-,47-,48-,49-,50-,51-,52+,53-,59-/m0/s1. The predicted octanol–water partition coefficient (Wildman–Crippen LogP) is -1.79. The third-order valence-corrected chi connectivity index (χ3v) is 19.8. The Bertz CT molecular complexity index is 3720. The first kappa shape index (κ1) is 83.5. The lowest BCUT2D eigenvalue weighted by atomic mass is 10.00. The number of hydrogen-bond donors (Lipinski definition) is 18. The first-order chi connectivity index (χ1) is 50.1. The van der Waals surface area contributed by atoms with Gasteiger partial charge in [0.2, 0.25) is 70.9 Å². The largest absolute Gasteiger partial charge is 0.508 e. The molecule has 2 aliphatic rings. The zero-order valence-electron chi connectivity index (χ0n) is 58.4. The molecule has 0 radical (unpaired) electrons. The highest BCUT2D eigenvalue weighted by molar-refractivity contribution is 8.76. The summed E-state index contributed by atoms with van der Waals surface area (Å²) >= 11 is 0. The molecule has 36 heteroatoms. The Morgan fingerprint density at radius 3 is 1.85 bits per heavy atom. The van der Waals surface area contributed by atoms with Crippen LogP contribution in [0.25, 0.3) is 10.9 Å². The second-order valence-corrected chi connectivity index (χ2v) is 28.3. The Hall–Kier alpha value is -10.5. The van der Waals surface area contributed by atoms with Gasteiger partial charge in [-0.1, -0.05) is 109 Å². The number of aliphatic carboxylic acids is 2. The van der Waals surface area contributed by atoms with Gasteiger partial charge in [-0.3, -0.25) is 72.1 Å². The fraction of sp³-hybridized carbons (Fsp3) is 0.493. The number of aromatic nitrogens is 1. The normalized spacial score (nSPS) is 21.5. The van der Waals surface area contributed by atoms with Crippen LogP contribution in [-0.2, 0) is 86.4 Å². The van der Waals surface area contributed by atoms with Crippen LogP contribution in [0.15, 0.2) is 90.1 Å². The highest BCUT2D eigenvalue weighted by atomic mass is 33.1. The van der Waals surface area contributed by atoms with Gasteiger partial charge >= 0.3 is 11.9 Å². The summed E-state index contributed by atoms with van der Waals surface area (Å²) in [6.45, 7) is 2.28. The number of carboxylic acid groups (broad SMARTS) is 2. The first-order valence-electron chi connectivity index (χ1n) is 34.5. The summed E-state index contributed by atoms with van der Waals surface area (Å²) in [6, 6.07) is 6.62. The average molecular weight is 1500 g/mol. The molecule has 105 heavy (non-hydrogen) atoms. The number of H-pyrrole nitrogens is 1. The zero-order valence-corrected chi connectivity index (χ0v) is 60.0. The number of carbonyl (C=O) groups excluding carboxylic acids is 12. The van der Waals surface area contributed by atoms with Gasteiger partial charge in [0.25, 0.3) is 0 Å². The van der Waals surface area contributed by atoms with Crippen molar-refractivity contribution in [3.05, 3.63) is 102 Å². The van der Waals surface area contributed by atoms with Gasteiger partial charge < -0.3 is 101 Å². The summed E-state index contributed by atoms with van der Waals surface area (Å²) < 4.78 is 0. The number of nitrogens with two attached hydrogens (primary N) is 4. The molecule has 570 valence electrons. The van der Waals surface area contributed by atoms with Crippen LogP contribution >= 0.6 is 21.6 Å². The number of amides is 12. The molecule has 9 atom stereocenters. The van der Waals surface area contributed by atoms with E-state index in [2.05, 4.69) is 63.1 Å². The van der Waals surface area contributed by atoms with Crippen molar-refractivity contribution in [3.63, 3.8) is 0 Å². The van der Waals surface area contributed by atoms with Gasteiger partial charge in [0.05, 0.1) is 6.54 Å². The molecular formula is C69H95N17O17S2. The maximum Gasteiger partial charge on any atom is 0.303 e. The van der Waals surface area contributed by atoms with E-state index in [-0.39, 0.29) is 75.3 Å². The number of benzene rings is 3. The number of aromatic amines is 1. The van der Waals surface area contributed by atoms with Gasteiger partial charge in [-0.2, -0.15) is 0 Å². The molecule has 3 aromatic carbocycles. The van der Waals surface area contributed by atoms with Crippen molar-refractivity contribution in [2.75, 3.05) is 37.7 Å². The molecule has 0 bridgehead atoms. The van der Waals surface area contributed by atoms with E-state index < -0.39 is 194 Å². The molecule has 22 N–H and O–H groups in total. The highest BCUT2D eigenvalue weighted by Gasteiger charge is 2.38. The number of nitrogens with zero attached hydrogens (tertiary/aromatic N) is 2. The molecule has 1 aromatic heterocycles. The topological polar surface area (TPSA) is 555 Å². The molecule has 0 spiro atoms. The summed E-state index contributed by atoms with van der Waals surface area (Å²) in [5, 5.41) is 56.4. The van der Waals surface area contributed by atoms with Gasteiger partial charge in [-0.05, 0) is 79.3 Å². The maximum atomic E-state index is 15.1. The van der Waals surface area contributed by atoms with Crippen LogP contribution in [-0.4, -0.2) is 212 Å². The number of carboxylic acids is 2. The second-order valence-electron chi connectivity index (χ2n) is 25.8. The summed E-state index contributed by atoms with van der Waals surface area (Å²) in [6.07, 6.45) is 0.581. The van der Waals surface area contributed by atoms with Crippen LogP contribution in [0.4, 0.5) is 0 Å². The molecule has 2 fully saturated rings. The number of nitrogens with one attached hydrogen (secondary N) is 11. The number of aromatic hydroxyl groups is 1. The fourth-order valence-electron chi connectivity index (χ4n) is 11.7. The molecule has 34 nitrogen and oxygen atoms in total. The second kappa shape index (κ2) is 42.3. The van der Waals surface area contributed by atoms with Crippen molar-refractivity contribution >= 4 is 121 Å². The van der Waals surface area contributed by atoms with Crippen molar-refractivity contribution in [1.29, 1.82) is 0 Å². The predicted molar refractivity (Wildman–Crippen MR) is 389 cm³/mol. The number of aliphatic imine (C=N–C) groups is 1. The SMILES string of the molecule is CC(C)[C@@H]1NC(=O)[C@@H](NC(=O)[C@H](Cc2ccc(O)cc2)NC(=O)CN(C(=O)CCN)C2CCCC2)CSSC[C@H](C(N)=O)NC(=O)[C@H](CCC(=O)O)NC(=O)[C@H](Cc2c[nH]c3ccccc23)NC(=O)[C@H](CCC(=O)O)NC(=O)CCNC(=O)[C@H](CCCN=C(N)N)NC(=O)[C@H](Cc2ccccc2)NC1=O. The fourth-order valence-corrected chi connectivity index (χ4v) is 14.1. The lowest BCUT2D eigenvalue weighted by Gasteiger charge is -2.30. The monoisotopic (exact) mass is 1500 g/mol. The molecule has 1 saturated carbocycles. The summed E-state index contributed by atoms with van der Waals surface area (Å²) in [5.74, 6) is -15.6. The number of fused-ring (bicyclic) bond motifs is 1. The van der Waals surface area contributed by atoms with Crippen molar-refractivity contribution in [2.24, 2.45) is 33.8 Å². The Labute approximate surface area is 613 Å². The van der Waals surface area contributed by atoms with E-state index >= 15 is 4.79 Å². The van der Waals surface area contributed by atoms with Crippen LogP contribution in [0.3, 0.4) is 0 Å². The van der Waals surface area contributed by atoms with Crippen molar-refractivity contribution in [1.82, 2.24) is 63.1 Å². The van der Waals surface area contributed by atoms with Gasteiger partial charge in [0.1, 0.15) is 60.1 Å². The molecule has 1 aliphatic carbocycles. The minimum Gasteiger partial charge on any atom is -0.508 e. The van der Waals surface area contributed by atoms with Crippen LogP contribution in [0.2, 0.25) is 0 Å². The van der Waals surface area contributed by atoms with Gasteiger partial charge in [-0.25, -0.2) is 0 Å². The molecule has 12 amide bonds. The van der Waals surface area contributed by atoms with Crippen molar-refractivity contribution in [3.8, 4) is 5.75 Å². The third kappa shape index (κ3) is 27.9. The van der Waals surface area contributed by atoms with Gasteiger partial charge in [0.15, 0.2) is 5.96 Å². The first-order valence-corrected chi connectivity index (χ1v) is 37.0. The molecule has 1 aliphatic heterocycles. The zero-order chi connectivity index (χ0) is 76.7. The van der Waals surface area contributed by atoms with Crippen LogP contribution in [0, 0.1) is 5.92 Å². The van der Waals surface area contributed by atoms with Crippen molar-refractivity contribution < 1.29 is 82.4 Å². The quantitative estimate of drug-likeness (QED) is 0.0143. The van der Waals surface area contributed by atoms with Gasteiger partial charge in [0, 0.05) is 99.2 Å². The Kier molecular flexibility index (Phi) is 33.6. The number of phenolic OH excluding ortho intramolecular Hbond substituents is 1. The van der Waals surface area contributed by atoms with E-state index in [9.17, 15) is 77.6 Å². The number of phenols is 1. The maximum absolute atomic E-state index is 15.1. The van der Waals surface area contributed by atoms with E-state index in [1.165, 1.54) is 29.2 Å². The Balaban J connectivity index is 1.41. The number of para-hydroxylation sites is 1. The van der Waals surface area contributed by atoms with E-state index in [1.54, 1.807) is 74.6 Å². The smallest absolute Gasteiger partial charge is 0.303 e. The molecule has 2 heterocycles. The Morgan fingerprint density at radius 2 is 1.22 bits per heavy atom. The number of guanidine groups is 1. The lowest BCUT2D eigenvalue weighted by molar-refractivity contribution is -0.139. The highest BCUT2D eigenvalue weighted by Crippen LogP contribution is 2.26. The summed E-state index contributed by atoms with van der Waals surface area (Å²) in [4.78, 5) is 205. The van der Waals surface area contributed by atoms with E-state index in [4.69, 9.17) is 22.9 Å². The summed E-state index contributed by atoms with van der Waals surface area (Å²) in [5.41, 5.74) is 24.8. The Morgan fingerprint density at radius 1 is 0.638 bits per heavy atom. The van der Waals surface area contributed by atoms with Crippen molar-refractivity contribution in [2.45, 2.75) is 171 Å². The molecule has 0 unspecified atom stereocenters. The van der Waals surface area contributed by atoms with E-state index in [0.29, 0.717) is 40.4 Å². The average Bonchev–Trinajstić information content (AvgIpc) is 1.70. The molecule has 1 saturated heterocycles. The van der Waals surface area contributed by atoms with Crippen LogP contribution in [0.1, 0.15) is 108 Å². The van der Waals surface area contributed by atoms with E-state index in [1.807, 2.05) is 0 Å². The number of hydrogen-bond acceptors (Lipinski definition) is 19. The van der Waals surface area contributed by atoms with Crippen LogP contribution in [0.5, 0.6) is 5.75 Å². The third-order valence-electron chi connectivity index (χ3n) is 17.3. The number of carbonyl (C=O) groups is 14. The minimum absolute atomic E-state index is 0.00772. The lowest BCUT2D eigenvalue weighted by Crippen LogP contribution is -2.61. The molecule has 6 rings (SSSR count). The molecule has 4 aromatic rings. The van der Waals surface area contributed by atoms with E-state index in [0.717, 1.165) is 34.4 Å². The minimum atomic E-state index is -1.75. The van der Waals surface area contributed by atoms with Crippen LogP contribution < -0.4 is 76.1 Å². The number of rotatable bonds is 26.